The Labute approximate surface area is 166 Å². The van der Waals surface area contributed by atoms with Crippen LogP contribution in [0.2, 0.25) is 5.02 Å². The van der Waals surface area contributed by atoms with E-state index in [-0.39, 0.29) is 5.56 Å². The molecule has 1 aromatic carbocycles. The normalized spacial score (nSPS) is 14.9. The maximum absolute atomic E-state index is 12.7. The second kappa shape index (κ2) is 6.65. The van der Waals surface area contributed by atoms with Crippen molar-refractivity contribution in [3.05, 3.63) is 57.6 Å². The van der Waals surface area contributed by atoms with E-state index in [0.29, 0.717) is 23.8 Å². The molecule has 7 heteroatoms. The van der Waals surface area contributed by atoms with Gasteiger partial charge in [-0.25, -0.2) is 0 Å². The number of rotatable bonds is 2. The monoisotopic (exact) mass is 394 g/mol. The van der Waals surface area contributed by atoms with Gasteiger partial charge in [0.15, 0.2) is 0 Å². The Balaban J connectivity index is 1.75. The molecule has 4 aromatic rings. The summed E-state index contributed by atoms with van der Waals surface area (Å²) < 4.78 is 5.45. The number of halogens is 1. The lowest BCUT2D eigenvalue weighted by Crippen LogP contribution is -2.36. The maximum Gasteiger partial charge on any atom is 0.252 e. The standard InChI is InChI=1S/C21H19ClN4O2/c1-12-18(13-8-15(11-23-10-13)26-4-6-28-7-5-26)20-19(25-21(12)27)16-9-14(22)2-3-17(16)24-20/h2-3,8-11,24H,4-7H2,1H3,(H,25,27). The number of aromatic amines is 2. The van der Waals surface area contributed by atoms with Crippen molar-refractivity contribution >= 4 is 39.2 Å². The molecule has 4 heterocycles. The minimum Gasteiger partial charge on any atom is -0.378 e. The molecule has 0 bridgehead atoms. The van der Waals surface area contributed by atoms with Crippen molar-refractivity contribution in [1.29, 1.82) is 0 Å². The summed E-state index contributed by atoms with van der Waals surface area (Å²) in [7, 11) is 0. The summed E-state index contributed by atoms with van der Waals surface area (Å²) in [5, 5.41) is 1.53. The molecule has 0 radical (unpaired) electrons. The lowest BCUT2D eigenvalue weighted by molar-refractivity contribution is 0.122. The fourth-order valence-corrected chi connectivity index (χ4v) is 4.08. The van der Waals surface area contributed by atoms with E-state index in [4.69, 9.17) is 16.3 Å². The quantitative estimate of drug-likeness (QED) is 0.541. The number of hydrogen-bond donors (Lipinski definition) is 2. The number of H-pyrrole nitrogens is 2. The largest absolute Gasteiger partial charge is 0.378 e. The first kappa shape index (κ1) is 17.3. The molecule has 2 N–H and O–H groups in total. The minimum absolute atomic E-state index is 0.111. The van der Waals surface area contributed by atoms with Crippen LogP contribution in [0.3, 0.4) is 0 Å². The first-order valence-electron chi connectivity index (χ1n) is 9.24. The van der Waals surface area contributed by atoms with Crippen molar-refractivity contribution < 1.29 is 4.74 Å². The molecule has 1 aliphatic rings. The molecule has 6 nitrogen and oxygen atoms in total. The molecule has 0 aliphatic carbocycles. The van der Waals surface area contributed by atoms with Crippen LogP contribution in [0.15, 0.2) is 41.5 Å². The number of pyridine rings is 2. The molecule has 0 unspecified atom stereocenters. The molecule has 1 aliphatic heterocycles. The summed E-state index contributed by atoms with van der Waals surface area (Å²) in [5.74, 6) is 0. The van der Waals surface area contributed by atoms with E-state index in [0.717, 1.165) is 51.8 Å². The molecule has 28 heavy (non-hydrogen) atoms. The SMILES string of the molecule is Cc1c(-c2cncc(N3CCOCC3)c2)c2[nH]c3ccc(Cl)cc3c2[nH]c1=O. The molecule has 5 rings (SSSR count). The van der Waals surface area contributed by atoms with Crippen LogP contribution in [0.1, 0.15) is 5.56 Å². The number of benzene rings is 1. The fourth-order valence-electron chi connectivity index (χ4n) is 3.91. The van der Waals surface area contributed by atoms with E-state index in [9.17, 15) is 4.79 Å². The molecular formula is C21H19ClN4O2. The zero-order chi connectivity index (χ0) is 19.3. The lowest BCUT2D eigenvalue weighted by atomic mass is 10.0. The Kier molecular flexibility index (Phi) is 4.10. The van der Waals surface area contributed by atoms with Gasteiger partial charge in [0.1, 0.15) is 0 Å². The van der Waals surface area contributed by atoms with Crippen LogP contribution >= 0.6 is 11.6 Å². The number of nitrogens with zero attached hydrogens (tertiary/aromatic N) is 2. The predicted molar refractivity (Wildman–Crippen MR) is 112 cm³/mol. The Morgan fingerprint density at radius 2 is 1.93 bits per heavy atom. The molecule has 0 spiro atoms. The fraction of sp³-hybridized carbons (Fsp3) is 0.238. The molecule has 1 saturated heterocycles. The predicted octanol–water partition coefficient (Wildman–Crippen LogP) is 3.87. The van der Waals surface area contributed by atoms with E-state index in [1.807, 2.05) is 37.5 Å². The van der Waals surface area contributed by atoms with Crippen LogP contribution in [0.25, 0.3) is 33.1 Å². The third-order valence-corrected chi connectivity index (χ3v) is 5.59. The van der Waals surface area contributed by atoms with Crippen LogP contribution in [0, 0.1) is 6.92 Å². The highest BCUT2D eigenvalue weighted by atomic mass is 35.5. The number of ether oxygens (including phenoxy) is 1. The van der Waals surface area contributed by atoms with Crippen molar-refractivity contribution in [3.8, 4) is 11.1 Å². The maximum atomic E-state index is 12.7. The number of anilines is 1. The second-order valence-electron chi connectivity index (χ2n) is 7.05. The van der Waals surface area contributed by atoms with Gasteiger partial charge in [0.05, 0.1) is 36.1 Å². The summed E-state index contributed by atoms with van der Waals surface area (Å²) in [5.41, 5.74) is 5.94. The number of hydrogen-bond acceptors (Lipinski definition) is 4. The van der Waals surface area contributed by atoms with E-state index in [2.05, 4.69) is 25.9 Å². The summed E-state index contributed by atoms with van der Waals surface area (Å²) in [4.78, 5) is 25.8. The average molecular weight is 395 g/mol. The van der Waals surface area contributed by atoms with E-state index >= 15 is 0 Å². The van der Waals surface area contributed by atoms with Gasteiger partial charge < -0.3 is 19.6 Å². The van der Waals surface area contributed by atoms with Crippen LogP contribution in [0.5, 0.6) is 0 Å². The van der Waals surface area contributed by atoms with Crippen molar-refractivity contribution in [2.24, 2.45) is 0 Å². The van der Waals surface area contributed by atoms with Gasteiger partial charge in [0.25, 0.3) is 5.56 Å². The summed E-state index contributed by atoms with van der Waals surface area (Å²) in [6, 6.07) is 7.73. The minimum atomic E-state index is -0.111. The van der Waals surface area contributed by atoms with Gasteiger partial charge in [-0.15, -0.1) is 0 Å². The smallest absolute Gasteiger partial charge is 0.252 e. The van der Waals surface area contributed by atoms with Crippen molar-refractivity contribution in [2.45, 2.75) is 6.92 Å². The number of aromatic nitrogens is 3. The zero-order valence-corrected chi connectivity index (χ0v) is 16.1. The average Bonchev–Trinajstić information content (AvgIpc) is 3.07. The van der Waals surface area contributed by atoms with Crippen LogP contribution in [0.4, 0.5) is 5.69 Å². The topological polar surface area (TPSA) is 74.0 Å². The Morgan fingerprint density at radius 3 is 2.75 bits per heavy atom. The molecule has 3 aromatic heterocycles. The molecule has 0 atom stereocenters. The number of fused-ring (bicyclic) bond motifs is 3. The Hall–Kier alpha value is -2.83. The van der Waals surface area contributed by atoms with Gasteiger partial charge >= 0.3 is 0 Å². The molecular weight excluding hydrogens is 376 g/mol. The molecule has 0 saturated carbocycles. The third-order valence-electron chi connectivity index (χ3n) is 5.35. The first-order valence-corrected chi connectivity index (χ1v) is 9.61. The molecule has 1 fully saturated rings. The summed E-state index contributed by atoms with van der Waals surface area (Å²) in [6.07, 6.45) is 3.67. The van der Waals surface area contributed by atoms with Crippen molar-refractivity contribution in [2.75, 3.05) is 31.2 Å². The number of morpholine rings is 1. The highest BCUT2D eigenvalue weighted by Crippen LogP contribution is 2.34. The molecule has 0 amide bonds. The second-order valence-corrected chi connectivity index (χ2v) is 7.49. The highest BCUT2D eigenvalue weighted by molar-refractivity contribution is 6.31. The van der Waals surface area contributed by atoms with E-state index in [1.165, 1.54) is 0 Å². The molecule has 142 valence electrons. The number of nitrogens with one attached hydrogen (secondary N) is 2. The van der Waals surface area contributed by atoms with Gasteiger partial charge in [0.2, 0.25) is 0 Å². The summed E-state index contributed by atoms with van der Waals surface area (Å²) in [6.45, 7) is 4.93. The van der Waals surface area contributed by atoms with Crippen molar-refractivity contribution in [3.63, 3.8) is 0 Å². The van der Waals surface area contributed by atoms with Crippen LogP contribution in [-0.2, 0) is 4.74 Å². The van der Waals surface area contributed by atoms with Crippen LogP contribution < -0.4 is 10.5 Å². The van der Waals surface area contributed by atoms with Crippen LogP contribution in [-0.4, -0.2) is 41.3 Å². The van der Waals surface area contributed by atoms with Crippen molar-refractivity contribution in [1.82, 2.24) is 15.0 Å². The van der Waals surface area contributed by atoms with Gasteiger partial charge in [-0.2, -0.15) is 0 Å². The third kappa shape index (κ3) is 2.77. The summed E-state index contributed by atoms with van der Waals surface area (Å²) >= 11 is 6.18. The highest BCUT2D eigenvalue weighted by Gasteiger charge is 2.18. The van der Waals surface area contributed by atoms with Gasteiger partial charge in [0, 0.05) is 51.9 Å². The van der Waals surface area contributed by atoms with E-state index < -0.39 is 0 Å². The first-order chi connectivity index (χ1) is 13.6. The van der Waals surface area contributed by atoms with E-state index in [1.54, 1.807) is 0 Å². The zero-order valence-electron chi connectivity index (χ0n) is 15.4. The van der Waals surface area contributed by atoms with Gasteiger partial charge in [-0.3, -0.25) is 9.78 Å². The Morgan fingerprint density at radius 1 is 1.11 bits per heavy atom. The Bertz CT molecular complexity index is 1250. The lowest BCUT2D eigenvalue weighted by Gasteiger charge is -2.28. The van der Waals surface area contributed by atoms with Gasteiger partial charge in [-0.05, 0) is 31.2 Å². The van der Waals surface area contributed by atoms with Gasteiger partial charge in [-0.1, -0.05) is 11.6 Å².